The number of hydrogen-bond donors (Lipinski definition) is 2. The van der Waals surface area contributed by atoms with Gasteiger partial charge in [0, 0.05) is 25.4 Å². The van der Waals surface area contributed by atoms with E-state index in [0.29, 0.717) is 22.5 Å². The van der Waals surface area contributed by atoms with E-state index in [-0.39, 0.29) is 22.4 Å². The molecule has 2 aromatic heterocycles. The van der Waals surface area contributed by atoms with Crippen LogP contribution in [0.25, 0.3) is 11.0 Å². The van der Waals surface area contributed by atoms with Gasteiger partial charge in [-0.1, -0.05) is 12.1 Å². The van der Waals surface area contributed by atoms with Crippen LogP contribution in [0.1, 0.15) is 16.1 Å². The first-order valence-electron chi connectivity index (χ1n) is 9.44. The van der Waals surface area contributed by atoms with E-state index < -0.39 is 10.0 Å². The number of benzene rings is 2. The number of anilines is 1. The molecule has 0 fully saturated rings. The number of amides is 1. The molecule has 1 amide bonds. The number of carbonyl (C=O) groups is 1. The van der Waals surface area contributed by atoms with E-state index >= 15 is 0 Å². The van der Waals surface area contributed by atoms with Gasteiger partial charge < -0.3 is 10.1 Å². The molecule has 2 aromatic carbocycles. The van der Waals surface area contributed by atoms with Gasteiger partial charge in [0.05, 0.1) is 10.4 Å². The molecule has 0 unspecified atom stereocenters. The van der Waals surface area contributed by atoms with Crippen LogP contribution in [-0.4, -0.2) is 41.5 Å². The molecule has 2 N–H and O–H groups in total. The van der Waals surface area contributed by atoms with E-state index in [1.165, 1.54) is 25.4 Å². The lowest BCUT2D eigenvalue weighted by molar-refractivity contribution is 0.0958. The van der Waals surface area contributed by atoms with Crippen molar-refractivity contribution in [3.63, 3.8) is 0 Å². The summed E-state index contributed by atoms with van der Waals surface area (Å²) in [4.78, 5) is 20.1. The standard InChI is InChI=1S/C21H18N6O4S/c1-13-4-3-5-16(10-13)32(29,30)27-21-24-18-11-14(6-7-17(18)25-26-21)31-15-8-9-23-19(12-15)20(28)22-2/h3-12H,1-2H3,(H,22,28)(H,24,26,27). The number of carbonyl (C=O) groups excluding carboxylic acids is 1. The molecular formula is C21H18N6O4S. The normalized spacial score (nSPS) is 11.2. The van der Waals surface area contributed by atoms with E-state index in [2.05, 4.69) is 30.2 Å². The third-order valence-corrected chi connectivity index (χ3v) is 5.70. The Bertz CT molecular complexity index is 1430. The van der Waals surface area contributed by atoms with Gasteiger partial charge in [0.15, 0.2) is 0 Å². The summed E-state index contributed by atoms with van der Waals surface area (Å²) < 4.78 is 33.4. The lowest BCUT2D eigenvalue weighted by Gasteiger charge is -2.09. The summed E-state index contributed by atoms with van der Waals surface area (Å²) in [6, 6.07) is 14.5. The van der Waals surface area contributed by atoms with Crippen molar-refractivity contribution in [2.75, 3.05) is 11.8 Å². The van der Waals surface area contributed by atoms with Gasteiger partial charge in [-0.05, 0) is 42.8 Å². The Morgan fingerprint density at radius 1 is 0.969 bits per heavy atom. The Morgan fingerprint density at radius 3 is 2.56 bits per heavy atom. The van der Waals surface area contributed by atoms with Crippen molar-refractivity contribution in [2.45, 2.75) is 11.8 Å². The summed E-state index contributed by atoms with van der Waals surface area (Å²) >= 11 is 0. The van der Waals surface area contributed by atoms with E-state index in [1.54, 1.807) is 49.4 Å². The maximum atomic E-state index is 12.6. The second-order valence-electron chi connectivity index (χ2n) is 6.77. The Hall–Kier alpha value is -4.12. The quantitative estimate of drug-likeness (QED) is 0.458. The SMILES string of the molecule is CNC(=O)c1cc(Oc2ccc3nnc(NS(=O)(=O)c4cccc(C)c4)nc3c2)ccn1. The van der Waals surface area contributed by atoms with Crippen LogP contribution >= 0.6 is 0 Å². The molecule has 11 heteroatoms. The Kier molecular flexibility index (Phi) is 5.65. The molecule has 0 saturated heterocycles. The molecule has 4 rings (SSSR count). The first-order valence-corrected chi connectivity index (χ1v) is 10.9. The third-order valence-electron chi connectivity index (χ3n) is 4.38. The molecule has 0 aliphatic heterocycles. The zero-order valence-corrected chi connectivity index (χ0v) is 17.9. The predicted molar refractivity (Wildman–Crippen MR) is 117 cm³/mol. The van der Waals surface area contributed by atoms with Crippen molar-refractivity contribution < 1.29 is 17.9 Å². The van der Waals surface area contributed by atoms with Crippen LogP contribution in [0.2, 0.25) is 0 Å². The first kappa shape index (κ1) is 21.1. The maximum Gasteiger partial charge on any atom is 0.269 e. The highest BCUT2D eigenvalue weighted by molar-refractivity contribution is 7.92. The third kappa shape index (κ3) is 4.62. The van der Waals surface area contributed by atoms with Gasteiger partial charge in [-0.2, -0.15) is 0 Å². The number of nitrogens with one attached hydrogen (secondary N) is 2. The number of aryl methyl sites for hydroxylation is 1. The number of pyridine rings is 1. The largest absolute Gasteiger partial charge is 0.457 e. The van der Waals surface area contributed by atoms with Gasteiger partial charge in [-0.3, -0.25) is 9.78 Å². The van der Waals surface area contributed by atoms with Crippen LogP contribution in [0.4, 0.5) is 5.95 Å². The molecule has 0 atom stereocenters. The van der Waals surface area contributed by atoms with Crippen LogP contribution in [0.3, 0.4) is 0 Å². The summed E-state index contributed by atoms with van der Waals surface area (Å²) in [5.74, 6) is 0.318. The average Bonchev–Trinajstić information content (AvgIpc) is 2.78. The van der Waals surface area contributed by atoms with Gasteiger partial charge in [0.25, 0.3) is 21.9 Å². The number of aromatic nitrogens is 4. The second-order valence-corrected chi connectivity index (χ2v) is 8.45. The number of sulfonamides is 1. The monoisotopic (exact) mass is 450 g/mol. The minimum atomic E-state index is -3.87. The van der Waals surface area contributed by atoms with Crippen molar-refractivity contribution in [3.05, 3.63) is 72.1 Å². The summed E-state index contributed by atoms with van der Waals surface area (Å²) in [5, 5.41) is 10.4. The van der Waals surface area contributed by atoms with E-state index in [4.69, 9.17) is 4.74 Å². The number of nitrogens with zero attached hydrogens (tertiary/aromatic N) is 4. The van der Waals surface area contributed by atoms with Crippen molar-refractivity contribution >= 4 is 32.9 Å². The highest BCUT2D eigenvalue weighted by Gasteiger charge is 2.16. The Balaban J connectivity index is 1.60. The first-order chi connectivity index (χ1) is 15.3. The minimum absolute atomic E-state index is 0.0999. The minimum Gasteiger partial charge on any atom is -0.457 e. The lowest BCUT2D eigenvalue weighted by Crippen LogP contribution is -2.18. The number of fused-ring (bicyclic) bond motifs is 1. The van der Waals surface area contributed by atoms with Crippen molar-refractivity contribution in [1.29, 1.82) is 0 Å². The second kappa shape index (κ2) is 8.55. The fourth-order valence-corrected chi connectivity index (χ4v) is 3.89. The molecule has 0 aliphatic rings. The number of hydrogen-bond acceptors (Lipinski definition) is 8. The molecule has 10 nitrogen and oxygen atoms in total. The highest BCUT2D eigenvalue weighted by Crippen LogP contribution is 2.25. The van der Waals surface area contributed by atoms with E-state index in [9.17, 15) is 13.2 Å². The average molecular weight is 450 g/mol. The molecule has 2 heterocycles. The number of ether oxygens (including phenoxy) is 1. The lowest BCUT2D eigenvalue weighted by atomic mass is 10.2. The van der Waals surface area contributed by atoms with Gasteiger partial charge in [0.1, 0.15) is 22.7 Å². The van der Waals surface area contributed by atoms with Crippen LogP contribution in [0, 0.1) is 6.92 Å². The Morgan fingerprint density at radius 2 is 1.78 bits per heavy atom. The summed E-state index contributed by atoms with van der Waals surface area (Å²) in [6.07, 6.45) is 1.46. The topological polar surface area (TPSA) is 136 Å². The summed E-state index contributed by atoms with van der Waals surface area (Å²) in [5.41, 5.74) is 1.85. The number of rotatable bonds is 6. The Labute approximate surface area is 183 Å². The van der Waals surface area contributed by atoms with Gasteiger partial charge in [-0.25, -0.2) is 18.1 Å². The molecule has 0 bridgehead atoms. The molecule has 32 heavy (non-hydrogen) atoms. The fraction of sp³-hybridized carbons (Fsp3) is 0.0952. The van der Waals surface area contributed by atoms with Gasteiger partial charge in [0.2, 0.25) is 0 Å². The fourth-order valence-electron chi connectivity index (χ4n) is 2.85. The molecule has 0 spiro atoms. The van der Waals surface area contributed by atoms with Crippen molar-refractivity contribution in [1.82, 2.24) is 25.5 Å². The highest BCUT2D eigenvalue weighted by atomic mass is 32.2. The maximum absolute atomic E-state index is 12.6. The van der Waals surface area contributed by atoms with E-state index in [0.717, 1.165) is 5.56 Å². The van der Waals surface area contributed by atoms with E-state index in [1.807, 2.05) is 0 Å². The molecular weight excluding hydrogens is 432 g/mol. The molecule has 0 aliphatic carbocycles. The molecule has 4 aromatic rings. The van der Waals surface area contributed by atoms with Crippen LogP contribution in [0.15, 0.2) is 65.7 Å². The molecule has 0 saturated carbocycles. The smallest absolute Gasteiger partial charge is 0.269 e. The summed E-state index contributed by atoms with van der Waals surface area (Å²) in [7, 11) is -2.36. The zero-order valence-electron chi connectivity index (χ0n) is 17.1. The zero-order chi connectivity index (χ0) is 22.7. The van der Waals surface area contributed by atoms with Gasteiger partial charge >= 0.3 is 0 Å². The summed E-state index contributed by atoms with van der Waals surface area (Å²) in [6.45, 7) is 1.80. The molecule has 162 valence electrons. The van der Waals surface area contributed by atoms with Crippen LogP contribution in [-0.2, 0) is 10.0 Å². The van der Waals surface area contributed by atoms with Gasteiger partial charge in [-0.15, -0.1) is 10.2 Å². The van der Waals surface area contributed by atoms with Crippen molar-refractivity contribution in [2.24, 2.45) is 0 Å². The van der Waals surface area contributed by atoms with Crippen LogP contribution < -0.4 is 14.8 Å². The van der Waals surface area contributed by atoms with Crippen molar-refractivity contribution in [3.8, 4) is 11.5 Å². The molecule has 0 radical (unpaired) electrons. The van der Waals surface area contributed by atoms with Crippen LogP contribution in [0.5, 0.6) is 11.5 Å². The predicted octanol–water partition coefficient (Wildman–Crippen LogP) is 2.68.